The maximum atomic E-state index is 12.4. The lowest BCUT2D eigenvalue weighted by Gasteiger charge is -2.28. The molecule has 38 heavy (non-hydrogen) atoms. The molecular formula is C30H24ClN3O4. The molecule has 0 aromatic heterocycles. The van der Waals surface area contributed by atoms with Gasteiger partial charge in [0.05, 0.1) is 12.5 Å². The van der Waals surface area contributed by atoms with Crippen LogP contribution in [0.3, 0.4) is 0 Å². The second-order valence-corrected chi connectivity index (χ2v) is 9.00. The first-order chi connectivity index (χ1) is 18.5. The Kier molecular flexibility index (Phi) is 7.07. The van der Waals surface area contributed by atoms with Crippen molar-refractivity contribution in [2.24, 2.45) is 5.73 Å². The monoisotopic (exact) mass is 525 g/mol. The van der Waals surface area contributed by atoms with Crippen molar-refractivity contribution < 1.29 is 19.0 Å². The Morgan fingerprint density at radius 3 is 2.50 bits per heavy atom. The highest BCUT2D eigenvalue weighted by molar-refractivity contribution is 6.36. The minimum Gasteiger partial charge on any atom is -0.490 e. The highest BCUT2D eigenvalue weighted by atomic mass is 35.5. The van der Waals surface area contributed by atoms with Crippen molar-refractivity contribution in [2.45, 2.75) is 12.8 Å². The van der Waals surface area contributed by atoms with Gasteiger partial charge in [-0.15, -0.1) is 0 Å². The summed E-state index contributed by atoms with van der Waals surface area (Å²) >= 11 is 6.64. The minimum atomic E-state index is -0.541. The molecule has 1 aliphatic heterocycles. The quantitative estimate of drug-likeness (QED) is 0.301. The lowest BCUT2D eigenvalue weighted by molar-refractivity contribution is -0.118. The van der Waals surface area contributed by atoms with Gasteiger partial charge in [0.1, 0.15) is 17.4 Å². The first-order valence-corrected chi connectivity index (χ1v) is 12.4. The number of allylic oxidation sites excluding steroid dienone is 1. The molecule has 0 saturated heterocycles. The molecule has 7 nitrogen and oxygen atoms in total. The number of para-hydroxylation sites is 1. The second kappa shape index (κ2) is 10.8. The van der Waals surface area contributed by atoms with Gasteiger partial charge in [-0.05, 0) is 42.8 Å². The summed E-state index contributed by atoms with van der Waals surface area (Å²) in [4.78, 5) is 12.4. The number of benzene rings is 4. The fourth-order valence-corrected chi connectivity index (χ4v) is 4.82. The molecule has 1 heterocycles. The lowest BCUT2D eigenvalue weighted by atomic mass is 9.82. The summed E-state index contributed by atoms with van der Waals surface area (Å²) in [6.07, 6.45) is 0. The normalized spacial score (nSPS) is 14.3. The van der Waals surface area contributed by atoms with Gasteiger partial charge in [0.2, 0.25) is 5.88 Å². The van der Waals surface area contributed by atoms with Crippen LogP contribution < -0.4 is 25.3 Å². The van der Waals surface area contributed by atoms with Gasteiger partial charge < -0.3 is 25.3 Å². The topological polar surface area (TPSA) is 107 Å². The fourth-order valence-electron chi connectivity index (χ4n) is 4.54. The average Bonchev–Trinajstić information content (AvgIpc) is 2.93. The number of halogens is 1. The van der Waals surface area contributed by atoms with Crippen LogP contribution in [0.15, 0.2) is 90.3 Å². The predicted octanol–water partition coefficient (Wildman–Crippen LogP) is 6.13. The van der Waals surface area contributed by atoms with Crippen LogP contribution in [0.25, 0.3) is 10.8 Å². The summed E-state index contributed by atoms with van der Waals surface area (Å²) in [5.41, 5.74) is 8.64. The Morgan fingerprint density at radius 1 is 1.03 bits per heavy atom. The number of amides is 1. The number of hydrogen-bond acceptors (Lipinski definition) is 6. The number of fused-ring (bicyclic) bond motifs is 3. The van der Waals surface area contributed by atoms with E-state index in [1.807, 2.05) is 61.5 Å². The van der Waals surface area contributed by atoms with Gasteiger partial charge >= 0.3 is 0 Å². The molecule has 1 atom stereocenters. The van der Waals surface area contributed by atoms with E-state index in [0.29, 0.717) is 34.6 Å². The number of ether oxygens (including phenoxy) is 3. The van der Waals surface area contributed by atoms with E-state index < -0.39 is 5.92 Å². The van der Waals surface area contributed by atoms with E-state index in [4.69, 9.17) is 31.5 Å². The molecule has 3 N–H and O–H groups in total. The third-order valence-corrected chi connectivity index (χ3v) is 6.50. The molecule has 0 aliphatic carbocycles. The molecule has 0 spiro atoms. The molecule has 1 amide bonds. The van der Waals surface area contributed by atoms with Gasteiger partial charge in [-0.2, -0.15) is 5.26 Å². The van der Waals surface area contributed by atoms with Crippen molar-refractivity contribution in [2.75, 3.05) is 18.5 Å². The molecule has 5 rings (SSSR count). The Morgan fingerprint density at radius 2 is 1.76 bits per heavy atom. The van der Waals surface area contributed by atoms with E-state index in [1.54, 1.807) is 24.3 Å². The Hall–Kier alpha value is -4.67. The number of anilines is 1. The predicted molar refractivity (Wildman–Crippen MR) is 146 cm³/mol. The molecule has 1 aliphatic rings. The third-order valence-electron chi connectivity index (χ3n) is 6.19. The van der Waals surface area contributed by atoms with Crippen molar-refractivity contribution in [1.82, 2.24) is 0 Å². The number of nitrogens with one attached hydrogen (secondary N) is 1. The summed E-state index contributed by atoms with van der Waals surface area (Å²) in [7, 11) is 0. The zero-order valence-electron chi connectivity index (χ0n) is 20.5. The average molecular weight is 526 g/mol. The first-order valence-electron chi connectivity index (χ1n) is 12.0. The van der Waals surface area contributed by atoms with Crippen LogP contribution in [0.5, 0.6) is 17.2 Å². The standard InChI is InChI=1S/C30H24ClN3O4/c1-2-36-26-14-18(12-13-25(26)37-17-27(35)34-19-8-4-3-5-9-19)28-22-15-24(31)20-10-6-7-11-21(20)29(22)38-30(33)23(28)16-32/h3-15,28H,2,17,33H2,1H3,(H,34,35). The van der Waals surface area contributed by atoms with E-state index in [-0.39, 0.29) is 24.0 Å². The third kappa shape index (κ3) is 4.82. The van der Waals surface area contributed by atoms with E-state index in [2.05, 4.69) is 11.4 Å². The zero-order valence-corrected chi connectivity index (χ0v) is 21.3. The Labute approximate surface area is 225 Å². The molecule has 190 valence electrons. The van der Waals surface area contributed by atoms with E-state index >= 15 is 0 Å². The molecule has 8 heteroatoms. The molecular weight excluding hydrogens is 502 g/mol. The highest BCUT2D eigenvalue weighted by Gasteiger charge is 2.33. The summed E-state index contributed by atoms with van der Waals surface area (Å²) in [6, 6.07) is 26.1. The van der Waals surface area contributed by atoms with Crippen LogP contribution in [0.1, 0.15) is 24.0 Å². The maximum Gasteiger partial charge on any atom is 0.262 e. The van der Waals surface area contributed by atoms with Crippen molar-refractivity contribution >= 4 is 34.0 Å². The zero-order chi connectivity index (χ0) is 26.6. The Balaban J connectivity index is 1.50. The molecule has 1 unspecified atom stereocenters. The van der Waals surface area contributed by atoms with Gasteiger partial charge in [-0.1, -0.05) is 60.1 Å². The molecule has 4 aromatic rings. The number of hydrogen-bond donors (Lipinski definition) is 2. The SMILES string of the molecule is CCOc1cc(C2C(C#N)=C(N)Oc3c2cc(Cl)c2ccccc32)ccc1OCC(=O)Nc1ccccc1. The first kappa shape index (κ1) is 25.0. The van der Waals surface area contributed by atoms with Crippen LogP contribution in [0.4, 0.5) is 5.69 Å². The fraction of sp³-hybridized carbons (Fsp3) is 0.133. The van der Waals surface area contributed by atoms with Crippen molar-refractivity contribution in [1.29, 1.82) is 5.26 Å². The van der Waals surface area contributed by atoms with Crippen molar-refractivity contribution in [3.8, 4) is 23.3 Å². The van der Waals surface area contributed by atoms with Gasteiger partial charge in [0.25, 0.3) is 5.91 Å². The van der Waals surface area contributed by atoms with Crippen molar-refractivity contribution in [3.05, 3.63) is 106 Å². The molecule has 0 saturated carbocycles. The maximum absolute atomic E-state index is 12.4. The number of carbonyl (C=O) groups is 1. The lowest BCUT2D eigenvalue weighted by Crippen LogP contribution is -2.22. The summed E-state index contributed by atoms with van der Waals surface area (Å²) < 4.78 is 17.6. The number of rotatable bonds is 7. The van der Waals surface area contributed by atoms with E-state index in [0.717, 1.165) is 21.9 Å². The number of nitrogens with zero attached hydrogens (tertiary/aromatic N) is 1. The molecule has 4 aromatic carbocycles. The van der Waals surface area contributed by atoms with Crippen LogP contribution in [0.2, 0.25) is 5.02 Å². The van der Waals surface area contributed by atoms with Crippen LogP contribution in [-0.2, 0) is 4.79 Å². The number of nitrogens with two attached hydrogens (primary N) is 1. The largest absolute Gasteiger partial charge is 0.490 e. The van der Waals surface area contributed by atoms with Crippen LogP contribution in [-0.4, -0.2) is 19.1 Å². The number of nitriles is 1. The van der Waals surface area contributed by atoms with Crippen molar-refractivity contribution in [3.63, 3.8) is 0 Å². The highest BCUT2D eigenvalue weighted by Crippen LogP contribution is 2.48. The Bertz CT molecular complexity index is 1590. The molecule has 0 radical (unpaired) electrons. The molecule has 0 bridgehead atoms. The molecule has 0 fully saturated rings. The van der Waals surface area contributed by atoms with E-state index in [9.17, 15) is 10.1 Å². The smallest absolute Gasteiger partial charge is 0.262 e. The van der Waals surface area contributed by atoms with Gasteiger partial charge in [0, 0.05) is 27.0 Å². The van der Waals surface area contributed by atoms with Gasteiger partial charge in [-0.25, -0.2) is 0 Å². The summed E-state index contributed by atoms with van der Waals surface area (Å²) in [5.74, 6) is 0.590. The number of carbonyl (C=O) groups excluding carboxylic acids is 1. The van der Waals surface area contributed by atoms with Crippen LogP contribution in [0, 0.1) is 11.3 Å². The van der Waals surface area contributed by atoms with Crippen LogP contribution >= 0.6 is 11.6 Å². The minimum absolute atomic E-state index is 0.0355. The second-order valence-electron chi connectivity index (χ2n) is 8.59. The summed E-state index contributed by atoms with van der Waals surface area (Å²) in [6.45, 7) is 2.03. The van der Waals surface area contributed by atoms with Gasteiger partial charge in [0.15, 0.2) is 18.1 Å². The summed E-state index contributed by atoms with van der Waals surface area (Å²) in [5, 5.41) is 15.0. The van der Waals surface area contributed by atoms with Gasteiger partial charge in [-0.3, -0.25) is 4.79 Å². The van der Waals surface area contributed by atoms with E-state index in [1.165, 1.54) is 0 Å².